The predicted octanol–water partition coefficient (Wildman–Crippen LogP) is 5.05. The maximum absolute atomic E-state index is 3.09. The highest BCUT2D eigenvalue weighted by atomic mass is 31.0. The van der Waals surface area contributed by atoms with E-state index >= 15 is 0 Å². The Balaban J connectivity index is 2.07. The van der Waals surface area contributed by atoms with E-state index in [4.69, 9.17) is 0 Å². The zero-order valence-corrected chi connectivity index (χ0v) is 13.1. The van der Waals surface area contributed by atoms with Crippen molar-refractivity contribution in [3.8, 4) is 0 Å². The van der Waals surface area contributed by atoms with Gasteiger partial charge in [-0.3, -0.25) is 0 Å². The van der Waals surface area contributed by atoms with Gasteiger partial charge in [-0.1, -0.05) is 91.0 Å². The van der Waals surface area contributed by atoms with Crippen LogP contribution >= 0.6 is 9.24 Å². The van der Waals surface area contributed by atoms with Crippen LogP contribution in [0.1, 0.15) is 16.7 Å². The van der Waals surface area contributed by atoms with E-state index in [9.17, 15) is 0 Å². The van der Waals surface area contributed by atoms with Gasteiger partial charge in [-0.15, -0.1) is 9.24 Å². The minimum Gasteiger partial charge on any atom is -0.121 e. The molecule has 0 radical (unpaired) electrons. The summed E-state index contributed by atoms with van der Waals surface area (Å²) in [6, 6.07) is 32.1. The van der Waals surface area contributed by atoms with E-state index < -0.39 is 0 Å². The zero-order valence-electron chi connectivity index (χ0n) is 11.9. The van der Waals surface area contributed by atoms with Gasteiger partial charge in [0.2, 0.25) is 0 Å². The third-order valence-corrected chi connectivity index (χ3v) is 4.77. The molecule has 0 amide bonds. The van der Waals surface area contributed by atoms with Crippen LogP contribution in [0.25, 0.3) is 0 Å². The average Bonchev–Trinajstić information content (AvgIpc) is 2.57. The number of hydrogen-bond acceptors (Lipinski definition) is 0. The van der Waals surface area contributed by atoms with Crippen molar-refractivity contribution in [2.24, 2.45) is 0 Å². The van der Waals surface area contributed by atoms with Crippen LogP contribution in [0.5, 0.6) is 0 Å². The molecule has 3 aromatic carbocycles. The molecule has 1 unspecified atom stereocenters. The van der Waals surface area contributed by atoms with E-state index in [1.54, 1.807) is 0 Å². The monoisotopic (exact) mass is 290 g/mol. The van der Waals surface area contributed by atoms with Crippen LogP contribution in [0.3, 0.4) is 0 Å². The number of hydrogen-bond donors (Lipinski definition) is 0. The summed E-state index contributed by atoms with van der Waals surface area (Å²) < 4.78 is 0. The smallest absolute Gasteiger partial charge is 0.0384 e. The first-order chi connectivity index (χ1) is 10.3. The molecule has 0 N–H and O–H groups in total. The van der Waals surface area contributed by atoms with E-state index in [0.717, 1.165) is 6.42 Å². The van der Waals surface area contributed by atoms with E-state index in [1.165, 1.54) is 16.7 Å². The van der Waals surface area contributed by atoms with Gasteiger partial charge in [-0.2, -0.15) is 0 Å². The lowest BCUT2D eigenvalue weighted by molar-refractivity contribution is 0.735. The molecule has 0 nitrogen and oxygen atoms in total. The largest absolute Gasteiger partial charge is 0.121 e. The van der Waals surface area contributed by atoms with Gasteiger partial charge in [0.1, 0.15) is 0 Å². The Hall–Kier alpha value is -1.91. The summed E-state index contributed by atoms with van der Waals surface area (Å²) in [6.07, 6.45) is 0.965. The quantitative estimate of drug-likeness (QED) is 0.590. The Kier molecular flexibility index (Phi) is 4.18. The predicted molar refractivity (Wildman–Crippen MR) is 93.5 cm³/mol. The fourth-order valence-electron chi connectivity index (χ4n) is 2.76. The topological polar surface area (TPSA) is 0 Å². The molecule has 0 aliphatic carbocycles. The molecule has 104 valence electrons. The minimum atomic E-state index is -0.0934. The van der Waals surface area contributed by atoms with Crippen LogP contribution < -0.4 is 0 Å². The zero-order chi connectivity index (χ0) is 14.5. The van der Waals surface area contributed by atoms with E-state index in [1.807, 2.05) is 0 Å². The van der Waals surface area contributed by atoms with Gasteiger partial charge in [0.25, 0.3) is 0 Å². The van der Waals surface area contributed by atoms with Gasteiger partial charge >= 0.3 is 0 Å². The van der Waals surface area contributed by atoms with Crippen molar-refractivity contribution in [1.82, 2.24) is 0 Å². The fourth-order valence-corrected chi connectivity index (χ4v) is 3.38. The molecule has 0 saturated heterocycles. The molecule has 1 heteroatoms. The molecular formula is C20H19P. The lowest BCUT2D eigenvalue weighted by Crippen LogP contribution is -2.22. The van der Waals surface area contributed by atoms with Crippen molar-refractivity contribution in [3.05, 3.63) is 108 Å². The number of rotatable bonds is 4. The van der Waals surface area contributed by atoms with Crippen molar-refractivity contribution in [1.29, 1.82) is 0 Å². The van der Waals surface area contributed by atoms with Crippen LogP contribution in [0.15, 0.2) is 91.0 Å². The van der Waals surface area contributed by atoms with E-state index in [2.05, 4.69) is 100 Å². The maximum atomic E-state index is 3.09. The van der Waals surface area contributed by atoms with Crippen molar-refractivity contribution in [3.63, 3.8) is 0 Å². The van der Waals surface area contributed by atoms with E-state index in [-0.39, 0.29) is 5.16 Å². The molecule has 0 heterocycles. The standard InChI is InChI=1S/C20H19P/c21-20(18-12-6-2-7-13-18,19-14-8-3-9-15-19)16-17-10-4-1-5-11-17/h1-15H,16,21H2. The highest BCUT2D eigenvalue weighted by Gasteiger charge is 2.29. The maximum Gasteiger partial charge on any atom is 0.0384 e. The molecule has 0 aliphatic heterocycles. The first kappa shape index (κ1) is 14.0. The molecule has 0 saturated carbocycles. The first-order valence-electron chi connectivity index (χ1n) is 7.23. The molecule has 0 fully saturated rings. The van der Waals surface area contributed by atoms with Crippen molar-refractivity contribution in [2.75, 3.05) is 0 Å². The van der Waals surface area contributed by atoms with Crippen LogP contribution in [-0.4, -0.2) is 0 Å². The molecule has 0 aromatic heterocycles. The summed E-state index contributed by atoms with van der Waals surface area (Å²) in [5, 5.41) is -0.0934. The Bertz CT molecular complexity index is 635. The molecule has 1 atom stereocenters. The van der Waals surface area contributed by atoms with Crippen LogP contribution in [0.2, 0.25) is 0 Å². The second kappa shape index (κ2) is 6.24. The van der Waals surface area contributed by atoms with Crippen LogP contribution in [0.4, 0.5) is 0 Å². The lowest BCUT2D eigenvalue weighted by atomic mass is 9.85. The Morgan fingerprint density at radius 2 is 0.952 bits per heavy atom. The van der Waals surface area contributed by atoms with Gasteiger partial charge in [-0.05, 0) is 23.1 Å². The summed E-state index contributed by atoms with van der Waals surface area (Å²) in [5.41, 5.74) is 4.00. The first-order valence-corrected chi connectivity index (χ1v) is 7.81. The van der Waals surface area contributed by atoms with Crippen molar-refractivity contribution < 1.29 is 0 Å². The van der Waals surface area contributed by atoms with Gasteiger partial charge in [0.05, 0.1) is 0 Å². The molecule has 3 rings (SSSR count). The van der Waals surface area contributed by atoms with Crippen molar-refractivity contribution >= 4 is 9.24 Å². The Morgan fingerprint density at radius 1 is 0.571 bits per heavy atom. The fraction of sp³-hybridized carbons (Fsp3) is 0.100. The normalized spacial score (nSPS) is 11.3. The van der Waals surface area contributed by atoms with Crippen molar-refractivity contribution in [2.45, 2.75) is 11.6 Å². The molecule has 0 spiro atoms. The highest BCUT2D eigenvalue weighted by molar-refractivity contribution is 7.19. The third-order valence-electron chi connectivity index (χ3n) is 3.90. The summed E-state index contributed by atoms with van der Waals surface area (Å²) in [4.78, 5) is 0. The summed E-state index contributed by atoms with van der Waals surface area (Å²) in [6.45, 7) is 0. The van der Waals surface area contributed by atoms with Gasteiger partial charge in [0, 0.05) is 5.16 Å². The SMILES string of the molecule is PC(Cc1ccccc1)(c1ccccc1)c1ccccc1. The number of benzene rings is 3. The molecule has 0 bridgehead atoms. The van der Waals surface area contributed by atoms with Gasteiger partial charge < -0.3 is 0 Å². The molecule has 3 aromatic rings. The lowest BCUT2D eigenvalue weighted by Gasteiger charge is -2.31. The molecular weight excluding hydrogens is 271 g/mol. The summed E-state index contributed by atoms with van der Waals surface area (Å²) in [5.74, 6) is 0. The van der Waals surface area contributed by atoms with Crippen LogP contribution in [0, 0.1) is 0 Å². The highest BCUT2D eigenvalue weighted by Crippen LogP contribution is 2.41. The van der Waals surface area contributed by atoms with Gasteiger partial charge in [0.15, 0.2) is 0 Å². The summed E-state index contributed by atoms with van der Waals surface area (Å²) >= 11 is 0. The molecule has 0 aliphatic rings. The summed E-state index contributed by atoms with van der Waals surface area (Å²) in [7, 11) is 3.09. The Labute approximate surface area is 129 Å². The molecule has 21 heavy (non-hydrogen) atoms. The second-order valence-electron chi connectivity index (χ2n) is 5.37. The van der Waals surface area contributed by atoms with Gasteiger partial charge in [-0.25, -0.2) is 0 Å². The second-order valence-corrected chi connectivity index (χ2v) is 6.35. The Morgan fingerprint density at radius 3 is 1.38 bits per heavy atom. The third kappa shape index (κ3) is 3.06. The average molecular weight is 290 g/mol. The van der Waals surface area contributed by atoms with Crippen LogP contribution in [-0.2, 0) is 11.6 Å². The van der Waals surface area contributed by atoms with E-state index in [0.29, 0.717) is 0 Å². The minimum absolute atomic E-state index is 0.0934.